The molecule has 1 rings (SSSR count). The molecule has 1 unspecified atom stereocenters. The second kappa shape index (κ2) is 4.41. The van der Waals surface area contributed by atoms with E-state index in [9.17, 15) is 0 Å². The minimum atomic E-state index is 0. The molecule has 0 nitrogen and oxygen atoms in total. The quantitative estimate of drug-likeness (QED) is 0.595. The largest absolute Gasteiger partial charge is 2.00 e. The van der Waals surface area contributed by atoms with Crippen LogP contribution < -0.4 is 0 Å². The molecule has 40 valence electrons. The van der Waals surface area contributed by atoms with Gasteiger partial charge in [0.05, 0.1) is 0 Å². The van der Waals surface area contributed by atoms with E-state index in [4.69, 9.17) is 0 Å². The molecule has 0 aliphatic heterocycles. The number of hydrogen-bond donors (Lipinski definition) is 0. The first-order valence-electron chi connectivity index (χ1n) is 2.64. The van der Waals surface area contributed by atoms with Gasteiger partial charge in [0, 0.05) is 0 Å². The third kappa shape index (κ3) is 2.75. The van der Waals surface area contributed by atoms with E-state index in [0.29, 0.717) is 0 Å². The van der Waals surface area contributed by atoms with Crippen LogP contribution in [0, 0.1) is 43.1 Å². The van der Waals surface area contributed by atoms with Crippen molar-refractivity contribution in [1.82, 2.24) is 0 Å². The van der Waals surface area contributed by atoms with Gasteiger partial charge in [-0.15, -0.1) is 0 Å². The number of allylic oxidation sites excluding steroid dienone is 4. The summed E-state index contributed by atoms with van der Waals surface area (Å²) in [4.78, 5) is 0. The molecule has 0 heterocycles. The summed E-state index contributed by atoms with van der Waals surface area (Å²) in [7, 11) is 0. The smallest absolute Gasteiger partial charge is 0.255 e. The molecule has 0 radical (unpaired) electrons. The standard InChI is InChI=1S/C7H9.U/c1-7-5-3-2-4-6-7;/h3-5,7H,6H2,1H3;/q-1;+2. The van der Waals surface area contributed by atoms with Crippen LogP contribution in [0.2, 0.25) is 0 Å². The summed E-state index contributed by atoms with van der Waals surface area (Å²) in [5.41, 5.74) is 0. The van der Waals surface area contributed by atoms with Crippen LogP contribution in [0.4, 0.5) is 0 Å². The maximum Gasteiger partial charge on any atom is 2.00 e. The molecular weight excluding hydrogens is 322 g/mol. The maximum absolute atomic E-state index is 3.01. The van der Waals surface area contributed by atoms with Crippen molar-refractivity contribution in [1.29, 1.82) is 0 Å². The second-order valence-corrected chi connectivity index (χ2v) is 1.94. The molecule has 0 bridgehead atoms. The predicted octanol–water partition coefficient (Wildman–Crippen LogP) is 1.94. The van der Waals surface area contributed by atoms with Crippen molar-refractivity contribution < 1.29 is 31.1 Å². The van der Waals surface area contributed by atoms with Gasteiger partial charge in [-0.3, -0.25) is 6.08 Å². The van der Waals surface area contributed by atoms with E-state index in [2.05, 4.69) is 25.2 Å². The first-order chi connectivity index (χ1) is 3.39. The molecule has 0 aromatic heterocycles. The van der Waals surface area contributed by atoms with E-state index in [1.807, 2.05) is 6.08 Å². The Morgan fingerprint density at radius 1 is 1.62 bits per heavy atom. The Labute approximate surface area is 74.4 Å². The van der Waals surface area contributed by atoms with Crippen LogP contribution in [-0.4, -0.2) is 0 Å². The Morgan fingerprint density at radius 2 is 2.38 bits per heavy atom. The van der Waals surface area contributed by atoms with Crippen LogP contribution in [0.15, 0.2) is 18.2 Å². The fourth-order valence-corrected chi connectivity index (χ4v) is 0.620. The van der Waals surface area contributed by atoms with Gasteiger partial charge in [-0.05, 0) is 0 Å². The van der Waals surface area contributed by atoms with E-state index in [-0.39, 0.29) is 31.1 Å². The summed E-state index contributed by atoms with van der Waals surface area (Å²) < 4.78 is 0. The summed E-state index contributed by atoms with van der Waals surface area (Å²) in [6.07, 6.45) is 10.4. The maximum atomic E-state index is 3.01. The summed E-state index contributed by atoms with van der Waals surface area (Å²) in [5.74, 6) is 0.737. The van der Waals surface area contributed by atoms with Crippen molar-refractivity contribution >= 4 is 0 Å². The van der Waals surface area contributed by atoms with Gasteiger partial charge in [0.15, 0.2) is 0 Å². The van der Waals surface area contributed by atoms with Gasteiger partial charge in [-0.1, -0.05) is 19.3 Å². The van der Waals surface area contributed by atoms with Crippen LogP contribution in [0.5, 0.6) is 0 Å². The minimum Gasteiger partial charge on any atom is -0.255 e. The van der Waals surface area contributed by atoms with E-state index in [1.165, 1.54) is 0 Å². The molecule has 0 saturated carbocycles. The number of rotatable bonds is 0. The van der Waals surface area contributed by atoms with Crippen molar-refractivity contribution in [2.24, 2.45) is 5.92 Å². The van der Waals surface area contributed by atoms with E-state index in [1.54, 1.807) is 0 Å². The summed E-state index contributed by atoms with van der Waals surface area (Å²) in [6, 6.07) is 0. The Kier molecular flexibility index (Phi) is 4.71. The molecule has 0 saturated heterocycles. The summed E-state index contributed by atoms with van der Waals surface area (Å²) in [6.45, 7) is 2.20. The van der Waals surface area contributed by atoms with Gasteiger partial charge in [-0.2, -0.15) is 6.08 Å². The predicted molar refractivity (Wildman–Crippen MR) is 30.7 cm³/mol. The molecular formula is C7H9U+. The van der Waals surface area contributed by atoms with Gasteiger partial charge in [0.2, 0.25) is 0 Å². The zero-order chi connectivity index (χ0) is 5.11. The van der Waals surface area contributed by atoms with E-state index < -0.39 is 0 Å². The van der Waals surface area contributed by atoms with Crippen molar-refractivity contribution in [3.8, 4) is 0 Å². The number of hydrogen-bond acceptors (Lipinski definition) is 0. The first kappa shape index (κ1) is 8.53. The molecule has 1 atom stereocenters. The fraction of sp³-hybridized carbons (Fsp3) is 0.429. The normalized spacial score (nSPS) is 24.9. The van der Waals surface area contributed by atoms with Crippen LogP contribution >= 0.6 is 0 Å². The zero-order valence-corrected chi connectivity index (χ0v) is 9.18. The van der Waals surface area contributed by atoms with Crippen LogP contribution in [0.25, 0.3) is 0 Å². The zero-order valence-electron chi connectivity index (χ0n) is 5.02. The second-order valence-electron chi connectivity index (χ2n) is 1.94. The molecule has 0 fully saturated rings. The summed E-state index contributed by atoms with van der Waals surface area (Å²) in [5, 5.41) is 0. The molecule has 1 aliphatic rings. The average molecular weight is 331 g/mol. The van der Waals surface area contributed by atoms with Gasteiger partial charge < -0.3 is 0 Å². The Hall–Kier alpha value is 0.532. The van der Waals surface area contributed by atoms with Crippen molar-refractivity contribution in [2.75, 3.05) is 0 Å². The fourth-order valence-electron chi connectivity index (χ4n) is 0.620. The van der Waals surface area contributed by atoms with Crippen molar-refractivity contribution in [2.45, 2.75) is 13.3 Å². The summed E-state index contributed by atoms with van der Waals surface area (Å²) >= 11 is 0. The SMILES string of the molecule is CC1C=C[C-]=CC1.[U+2]. The van der Waals surface area contributed by atoms with Crippen molar-refractivity contribution in [3.63, 3.8) is 0 Å². The molecule has 0 amide bonds. The first-order valence-corrected chi connectivity index (χ1v) is 2.64. The molecule has 0 aromatic rings. The molecule has 0 N–H and O–H groups in total. The van der Waals surface area contributed by atoms with E-state index >= 15 is 0 Å². The van der Waals surface area contributed by atoms with Gasteiger partial charge in [-0.25, -0.2) is 12.2 Å². The van der Waals surface area contributed by atoms with Crippen LogP contribution in [-0.2, 0) is 0 Å². The average Bonchev–Trinajstić information content (AvgIpc) is 1.69. The van der Waals surface area contributed by atoms with Gasteiger partial charge >= 0.3 is 31.1 Å². The molecule has 0 spiro atoms. The Morgan fingerprint density at radius 3 is 2.62 bits per heavy atom. The van der Waals surface area contributed by atoms with E-state index in [0.717, 1.165) is 12.3 Å². The Balaban J connectivity index is 0.000000490. The van der Waals surface area contributed by atoms with Crippen LogP contribution in [0.3, 0.4) is 0 Å². The van der Waals surface area contributed by atoms with Gasteiger partial charge in [0.25, 0.3) is 0 Å². The monoisotopic (exact) mass is 331 g/mol. The minimum absolute atomic E-state index is 0. The topological polar surface area (TPSA) is 0 Å². The molecule has 0 aromatic carbocycles. The molecule has 1 aliphatic carbocycles. The van der Waals surface area contributed by atoms with Crippen LogP contribution in [0.1, 0.15) is 13.3 Å². The third-order valence-electron chi connectivity index (χ3n) is 1.13. The third-order valence-corrected chi connectivity index (χ3v) is 1.13. The van der Waals surface area contributed by atoms with Crippen molar-refractivity contribution in [3.05, 3.63) is 24.3 Å². The molecule has 1 heteroatoms. The molecule has 8 heavy (non-hydrogen) atoms. The van der Waals surface area contributed by atoms with Gasteiger partial charge in [0.1, 0.15) is 0 Å². The Bertz CT molecular complexity index is 103.